The Balaban J connectivity index is 1.91. The SMILES string of the molecule is CCCCCCCCCCCCCCCCC=CNC(=O)Cc1ccc(O)c(OC)c1. The quantitative estimate of drug-likeness (QED) is 0.224. The summed E-state index contributed by atoms with van der Waals surface area (Å²) in [7, 11) is 1.50. The summed E-state index contributed by atoms with van der Waals surface area (Å²) >= 11 is 0. The maximum atomic E-state index is 12.0. The average Bonchev–Trinajstić information content (AvgIpc) is 2.77. The highest BCUT2D eigenvalue weighted by Gasteiger charge is 2.06. The molecule has 2 N–H and O–H groups in total. The number of nitrogens with one attached hydrogen (secondary N) is 1. The van der Waals surface area contributed by atoms with Crippen molar-refractivity contribution >= 4 is 5.91 Å². The van der Waals surface area contributed by atoms with Crippen LogP contribution in [0.15, 0.2) is 30.5 Å². The van der Waals surface area contributed by atoms with E-state index in [1.54, 1.807) is 24.4 Å². The number of amides is 1. The van der Waals surface area contributed by atoms with E-state index in [0.717, 1.165) is 12.0 Å². The number of phenols is 1. The number of allylic oxidation sites excluding steroid dienone is 1. The molecular weight excluding hydrogens is 386 g/mol. The van der Waals surface area contributed by atoms with Crippen molar-refractivity contribution in [1.29, 1.82) is 0 Å². The maximum Gasteiger partial charge on any atom is 0.228 e. The highest BCUT2D eigenvalue weighted by atomic mass is 16.5. The number of ether oxygens (including phenoxy) is 1. The van der Waals surface area contributed by atoms with Gasteiger partial charge in [-0.1, -0.05) is 103 Å². The molecule has 1 rings (SSSR count). The summed E-state index contributed by atoms with van der Waals surface area (Å²) in [6.45, 7) is 2.27. The van der Waals surface area contributed by atoms with Crippen LogP contribution in [0.2, 0.25) is 0 Å². The second-order valence-corrected chi connectivity index (χ2v) is 8.54. The minimum atomic E-state index is -0.0649. The van der Waals surface area contributed by atoms with Crippen LogP contribution in [0.1, 0.15) is 109 Å². The van der Waals surface area contributed by atoms with Gasteiger partial charge in [-0.3, -0.25) is 4.79 Å². The number of unbranched alkanes of at least 4 members (excludes halogenated alkanes) is 14. The summed E-state index contributed by atoms with van der Waals surface area (Å²) in [5.41, 5.74) is 0.813. The third-order valence-corrected chi connectivity index (χ3v) is 5.70. The normalized spacial score (nSPS) is 11.2. The van der Waals surface area contributed by atoms with Crippen molar-refractivity contribution in [2.45, 2.75) is 110 Å². The molecular formula is C27H45NO3. The summed E-state index contributed by atoms with van der Waals surface area (Å²) in [5.74, 6) is 0.406. The van der Waals surface area contributed by atoms with Gasteiger partial charge in [0.05, 0.1) is 13.5 Å². The molecule has 0 aliphatic heterocycles. The molecule has 4 nitrogen and oxygen atoms in total. The summed E-state index contributed by atoms with van der Waals surface area (Å²) < 4.78 is 5.07. The maximum absolute atomic E-state index is 12.0. The van der Waals surface area contributed by atoms with Gasteiger partial charge >= 0.3 is 0 Å². The van der Waals surface area contributed by atoms with E-state index in [2.05, 4.69) is 12.2 Å². The molecule has 4 heteroatoms. The van der Waals surface area contributed by atoms with Crippen molar-refractivity contribution < 1.29 is 14.6 Å². The first kappa shape index (κ1) is 27.1. The molecule has 0 radical (unpaired) electrons. The second-order valence-electron chi connectivity index (χ2n) is 8.54. The van der Waals surface area contributed by atoms with Crippen molar-refractivity contribution in [3.8, 4) is 11.5 Å². The number of carbonyl (C=O) groups is 1. The molecule has 1 aromatic carbocycles. The standard InChI is InChI=1S/C27H45NO3/c1-3-4-5-6-7-8-9-10-11-12-13-14-15-16-17-18-21-28-27(30)23-24-19-20-25(29)26(22-24)31-2/h18-22,29H,3-17,23H2,1-2H3,(H,28,30). The predicted octanol–water partition coefficient (Wildman–Crippen LogP) is 7.44. The van der Waals surface area contributed by atoms with Gasteiger partial charge in [-0.15, -0.1) is 0 Å². The van der Waals surface area contributed by atoms with Crippen molar-refractivity contribution in [3.63, 3.8) is 0 Å². The van der Waals surface area contributed by atoms with Crippen molar-refractivity contribution in [1.82, 2.24) is 5.32 Å². The van der Waals surface area contributed by atoms with Gasteiger partial charge in [-0.05, 0) is 36.7 Å². The van der Waals surface area contributed by atoms with Crippen LogP contribution in [0.25, 0.3) is 0 Å². The predicted molar refractivity (Wildman–Crippen MR) is 131 cm³/mol. The van der Waals surface area contributed by atoms with Gasteiger partial charge in [-0.25, -0.2) is 0 Å². The molecule has 0 saturated carbocycles. The van der Waals surface area contributed by atoms with Crippen LogP contribution in [0.5, 0.6) is 11.5 Å². The summed E-state index contributed by atoms with van der Waals surface area (Å²) in [6.07, 6.45) is 24.2. The number of aromatic hydroxyl groups is 1. The van der Waals surface area contributed by atoms with Crippen molar-refractivity contribution in [3.05, 3.63) is 36.0 Å². The molecule has 0 aliphatic carbocycles. The lowest BCUT2D eigenvalue weighted by Gasteiger charge is -2.06. The topological polar surface area (TPSA) is 58.6 Å². The van der Waals surface area contributed by atoms with E-state index in [4.69, 9.17) is 4.74 Å². The number of methoxy groups -OCH3 is 1. The van der Waals surface area contributed by atoms with Crippen molar-refractivity contribution in [2.75, 3.05) is 7.11 Å². The van der Waals surface area contributed by atoms with Crippen LogP contribution in [-0.4, -0.2) is 18.1 Å². The lowest BCUT2D eigenvalue weighted by molar-refractivity contribution is -0.119. The lowest BCUT2D eigenvalue weighted by atomic mass is 10.0. The van der Waals surface area contributed by atoms with Crippen LogP contribution in [0.4, 0.5) is 0 Å². The largest absolute Gasteiger partial charge is 0.504 e. The molecule has 0 spiro atoms. The molecule has 0 saturated heterocycles. The number of hydrogen-bond acceptors (Lipinski definition) is 3. The Morgan fingerprint density at radius 1 is 0.903 bits per heavy atom. The fraction of sp³-hybridized carbons (Fsp3) is 0.667. The molecule has 0 bridgehead atoms. The van der Waals surface area contributed by atoms with Gasteiger partial charge in [0.15, 0.2) is 11.5 Å². The average molecular weight is 432 g/mol. The monoisotopic (exact) mass is 431 g/mol. The summed E-state index contributed by atoms with van der Waals surface area (Å²) in [4.78, 5) is 12.0. The van der Waals surface area contributed by atoms with E-state index in [1.165, 1.54) is 97.0 Å². The molecule has 176 valence electrons. The molecule has 31 heavy (non-hydrogen) atoms. The summed E-state index contributed by atoms with van der Waals surface area (Å²) in [5, 5.41) is 12.4. The van der Waals surface area contributed by atoms with Gasteiger partial charge in [0.1, 0.15) is 0 Å². The number of carbonyl (C=O) groups excluding carboxylic acids is 1. The van der Waals surface area contributed by atoms with Gasteiger partial charge < -0.3 is 15.2 Å². The lowest BCUT2D eigenvalue weighted by Crippen LogP contribution is -2.19. The third kappa shape index (κ3) is 14.6. The molecule has 0 unspecified atom stereocenters. The van der Waals surface area contributed by atoms with E-state index in [9.17, 15) is 9.90 Å². The Morgan fingerprint density at radius 2 is 1.45 bits per heavy atom. The zero-order valence-electron chi connectivity index (χ0n) is 20.0. The van der Waals surface area contributed by atoms with Crippen LogP contribution >= 0.6 is 0 Å². The minimum absolute atomic E-state index is 0.0649. The number of phenolic OH excluding ortho intramolecular Hbond substituents is 1. The third-order valence-electron chi connectivity index (χ3n) is 5.70. The number of hydrogen-bond donors (Lipinski definition) is 2. The fourth-order valence-electron chi connectivity index (χ4n) is 3.76. The molecule has 0 heterocycles. The van der Waals surface area contributed by atoms with Crippen LogP contribution in [-0.2, 0) is 11.2 Å². The highest BCUT2D eigenvalue weighted by Crippen LogP contribution is 2.26. The van der Waals surface area contributed by atoms with Crippen molar-refractivity contribution in [2.24, 2.45) is 0 Å². The van der Waals surface area contributed by atoms with Gasteiger partial charge in [0, 0.05) is 0 Å². The zero-order chi connectivity index (χ0) is 22.6. The van der Waals surface area contributed by atoms with Gasteiger partial charge in [0.25, 0.3) is 0 Å². The van der Waals surface area contributed by atoms with E-state index in [1.807, 2.05) is 6.08 Å². The Morgan fingerprint density at radius 3 is 2.00 bits per heavy atom. The molecule has 1 aromatic rings. The van der Waals surface area contributed by atoms with E-state index in [-0.39, 0.29) is 18.1 Å². The zero-order valence-corrected chi connectivity index (χ0v) is 20.0. The van der Waals surface area contributed by atoms with Crippen LogP contribution in [0, 0.1) is 0 Å². The highest BCUT2D eigenvalue weighted by molar-refractivity contribution is 5.79. The first-order chi connectivity index (χ1) is 15.2. The van der Waals surface area contributed by atoms with Crippen LogP contribution in [0.3, 0.4) is 0 Å². The Hall–Kier alpha value is -1.97. The number of rotatable bonds is 19. The molecule has 1 amide bonds. The van der Waals surface area contributed by atoms with E-state index >= 15 is 0 Å². The molecule has 0 aliphatic rings. The van der Waals surface area contributed by atoms with E-state index < -0.39 is 0 Å². The fourth-order valence-corrected chi connectivity index (χ4v) is 3.76. The second kappa shape index (κ2) is 18.8. The smallest absolute Gasteiger partial charge is 0.228 e. The minimum Gasteiger partial charge on any atom is -0.504 e. The Labute approximate surface area is 190 Å². The number of benzene rings is 1. The van der Waals surface area contributed by atoms with Gasteiger partial charge in [0.2, 0.25) is 5.91 Å². The van der Waals surface area contributed by atoms with E-state index in [0.29, 0.717) is 5.75 Å². The molecule has 0 aromatic heterocycles. The first-order valence-electron chi connectivity index (χ1n) is 12.5. The van der Waals surface area contributed by atoms with Crippen LogP contribution < -0.4 is 10.1 Å². The molecule has 0 atom stereocenters. The van der Waals surface area contributed by atoms with Gasteiger partial charge in [-0.2, -0.15) is 0 Å². The Kier molecular flexibility index (Phi) is 16.4. The first-order valence-corrected chi connectivity index (χ1v) is 12.5. The Bertz CT molecular complexity index is 612. The summed E-state index contributed by atoms with van der Waals surface area (Å²) in [6, 6.07) is 4.97. The molecule has 0 fully saturated rings.